The molecule has 0 spiro atoms. The number of nitrogens with zero attached hydrogens (tertiary/aromatic N) is 1. The molecule has 1 aliphatic rings. The SMILES string of the molecule is COC(=O)c1ccc(C[C@H](C(=O)N2C(=O)OC[C@H]2Cc2ccccc2)c2ccc(/C=C/C(C)(C)C)cc2)cc1. The molecule has 1 fully saturated rings. The van der Waals surface area contributed by atoms with E-state index >= 15 is 0 Å². The molecule has 3 aromatic rings. The number of imide groups is 1. The Hall–Kier alpha value is -4.19. The van der Waals surface area contributed by atoms with Gasteiger partial charge in [0.05, 0.1) is 24.6 Å². The molecular formula is C33H35NO5. The van der Waals surface area contributed by atoms with E-state index in [-0.39, 0.29) is 24.0 Å². The number of methoxy groups -OCH3 is 1. The predicted octanol–water partition coefficient (Wildman–Crippen LogP) is 6.45. The lowest BCUT2D eigenvalue weighted by Gasteiger charge is -2.25. The normalized spacial score (nSPS) is 16.3. The Kier molecular flexibility index (Phi) is 8.65. The van der Waals surface area contributed by atoms with Gasteiger partial charge in [-0.25, -0.2) is 14.5 Å². The number of ether oxygens (including phenoxy) is 2. The van der Waals surface area contributed by atoms with E-state index < -0.39 is 18.0 Å². The maximum Gasteiger partial charge on any atom is 0.417 e. The number of cyclic esters (lactones) is 1. The third-order valence-electron chi connectivity index (χ3n) is 6.74. The van der Waals surface area contributed by atoms with Crippen molar-refractivity contribution < 1.29 is 23.9 Å². The fourth-order valence-corrected chi connectivity index (χ4v) is 4.60. The molecule has 1 saturated heterocycles. The van der Waals surface area contributed by atoms with Crippen molar-refractivity contribution in [2.75, 3.05) is 13.7 Å². The molecule has 0 unspecified atom stereocenters. The van der Waals surface area contributed by atoms with E-state index in [1.807, 2.05) is 66.7 Å². The van der Waals surface area contributed by atoms with E-state index in [1.165, 1.54) is 12.0 Å². The van der Waals surface area contributed by atoms with E-state index in [1.54, 1.807) is 12.1 Å². The summed E-state index contributed by atoms with van der Waals surface area (Å²) in [5, 5.41) is 0. The number of esters is 1. The third kappa shape index (κ3) is 7.23. The van der Waals surface area contributed by atoms with Crippen molar-refractivity contribution in [1.82, 2.24) is 4.90 Å². The summed E-state index contributed by atoms with van der Waals surface area (Å²) in [5.74, 6) is -1.33. The van der Waals surface area contributed by atoms with Crippen LogP contribution in [0.5, 0.6) is 0 Å². The fraction of sp³-hybridized carbons (Fsp3) is 0.303. The van der Waals surface area contributed by atoms with Crippen molar-refractivity contribution >= 4 is 24.0 Å². The second-order valence-corrected chi connectivity index (χ2v) is 10.9. The molecule has 0 radical (unpaired) electrons. The number of carbonyl (C=O) groups is 3. The molecule has 6 heteroatoms. The Morgan fingerprint density at radius 3 is 2.26 bits per heavy atom. The molecule has 0 bridgehead atoms. The van der Waals surface area contributed by atoms with Crippen LogP contribution in [0.2, 0.25) is 0 Å². The highest BCUT2D eigenvalue weighted by Gasteiger charge is 2.41. The molecule has 2 amide bonds. The van der Waals surface area contributed by atoms with Crippen LogP contribution in [0.15, 0.2) is 84.9 Å². The van der Waals surface area contributed by atoms with Crippen LogP contribution in [0.1, 0.15) is 59.3 Å². The van der Waals surface area contributed by atoms with Crippen LogP contribution in [-0.4, -0.2) is 42.6 Å². The van der Waals surface area contributed by atoms with Gasteiger partial charge in [0, 0.05) is 0 Å². The number of allylic oxidation sites excluding steroid dienone is 1. The quantitative estimate of drug-likeness (QED) is 0.316. The number of rotatable bonds is 8. The highest BCUT2D eigenvalue weighted by molar-refractivity contribution is 5.97. The van der Waals surface area contributed by atoms with E-state index in [0.29, 0.717) is 18.4 Å². The molecule has 6 nitrogen and oxygen atoms in total. The van der Waals surface area contributed by atoms with Crippen molar-refractivity contribution in [1.29, 1.82) is 0 Å². The van der Waals surface area contributed by atoms with Crippen LogP contribution in [0.4, 0.5) is 4.79 Å². The minimum absolute atomic E-state index is 0.0530. The second kappa shape index (κ2) is 12.1. The summed E-state index contributed by atoms with van der Waals surface area (Å²) in [6.45, 7) is 6.58. The number of hydrogen-bond donors (Lipinski definition) is 0. The van der Waals surface area contributed by atoms with Gasteiger partial charge >= 0.3 is 12.1 Å². The molecule has 39 heavy (non-hydrogen) atoms. The average molecular weight is 526 g/mol. The van der Waals surface area contributed by atoms with Gasteiger partial charge in [-0.2, -0.15) is 0 Å². The number of amides is 2. The lowest BCUT2D eigenvalue weighted by atomic mass is 9.89. The van der Waals surface area contributed by atoms with E-state index in [9.17, 15) is 14.4 Å². The molecule has 2 atom stereocenters. The predicted molar refractivity (Wildman–Crippen MR) is 151 cm³/mol. The lowest BCUT2D eigenvalue weighted by molar-refractivity contribution is -0.130. The smallest absolute Gasteiger partial charge is 0.417 e. The maximum atomic E-state index is 14.1. The zero-order chi connectivity index (χ0) is 28.0. The zero-order valence-electron chi connectivity index (χ0n) is 22.9. The first-order chi connectivity index (χ1) is 18.6. The van der Waals surface area contributed by atoms with Crippen LogP contribution in [0, 0.1) is 5.41 Å². The van der Waals surface area contributed by atoms with Crippen LogP contribution in [-0.2, 0) is 27.1 Å². The highest BCUT2D eigenvalue weighted by atomic mass is 16.6. The first-order valence-electron chi connectivity index (χ1n) is 13.1. The van der Waals surface area contributed by atoms with E-state index in [4.69, 9.17) is 9.47 Å². The van der Waals surface area contributed by atoms with E-state index in [0.717, 1.165) is 22.3 Å². The summed E-state index contributed by atoms with van der Waals surface area (Å²) in [6.07, 6.45) is 4.48. The monoisotopic (exact) mass is 525 g/mol. The molecule has 1 aliphatic heterocycles. The first-order valence-corrected chi connectivity index (χ1v) is 13.1. The van der Waals surface area contributed by atoms with Gasteiger partial charge in [-0.3, -0.25) is 4.79 Å². The molecule has 202 valence electrons. The van der Waals surface area contributed by atoms with Crippen molar-refractivity contribution in [3.05, 3.63) is 113 Å². The average Bonchev–Trinajstić information content (AvgIpc) is 3.30. The summed E-state index contributed by atoms with van der Waals surface area (Å²) in [4.78, 5) is 40.0. The molecule has 0 saturated carbocycles. The van der Waals surface area contributed by atoms with Gasteiger partial charge in [-0.05, 0) is 52.6 Å². The standard InChI is InChI=1S/C33H35NO5/c1-33(2,3)19-18-23-10-14-26(15-11-23)29(21-25-12-16-27(17-13-25)31(36)38-4)30(35)34-28(22-39-32(34)37)20-24-8-6-5-7-9-24/h5-19,28-29H,20-22H2,1-4H3/b19-18+/t28-,29+/m1/s1. The molecule has 0 aliphatic carbocycles. The summed E-state index contributed by atoms with van der Waals surface area (Å²) in [6, 6.07) is 24.3. The third-order valence-corrected chi connectivity index (χ3v) is 6.74. The van der Waals surface area contributed by atoms with Gasteiger partial charge in [0.2, 0.25) is 5.91 Å². The van der Waals surface area contributed by atoms with E-state index in [2.05, 4.69) is 32.9 Å². The topological polar surface area (TPSA) is 72.9 Å². The summed E-state index contributed by atoms with van der Waals surface area (Å²) in [7, 11) is 1.34. The fourth-order valence-electron chi connectivity index (χ4n) is 4.60. The summed E-state index contributed by atoms with van der Waals surface area (Å²) >= 11 is 0. The minimum atomic E-state index is -0.614. The Labute approximate surface area is 230 Å². The van der Waals surface area contributed by atoms with Crippen molar-refractivity contribution in [2.45, 2.75) is 45.6 Å². The summed E-state index contributed by atoms with van der Waals surface area (Å²) < 4.78 is 10.2. The maximum absolute atomic E-state index is 14.1. The lowest BCUT2D eigenvalue weighted by Crippen LogP contribution is -2.43. The number of hydrogen-bond acceptors (Lipinski definition) is 5. The van der Waals surface area contributed by atoms with Gasteiger partial charge < -0.3 is 9.47 Å². The Morgan fingerprint density at radius 1 is 0.974 bits per heavy atom. The van der Waals surface area contributed by atoms with Gasteiger partial charge in [0.15, 0.2) is 0 Å². The zero-order valence-corrected chi connectivity index (χ0v) is 22.9. The summed E-state index contributed by atoms with van der Waals surface area (Å²) in [5.41, 5.74) is 4.23. The molecule has 0 aromatic heterocycles. The molecule has 3 aromatic carbocycles. The second-order valence-electron chi connectivity index (χ2n) is 10.9. The Bertz CT molecular complexity index is 1320. The molecule has 1 heterocycles. The van der Waals surface area contributed by atoms with Crippen LogP contribution in [0.25, 0.3) is 6.08 Å². The van der Waals surface area contributed by atoms with Crippen LogP contribution >= 0.6 is 0 Å². The van der Waals surface area contributed by atoms with Gasteiger partial charge in [0.25, 0.3) is 0 Å². The number of benzene rings is 3. The van der Waals surface area contributed by atoms with Crippen molar-refractivity contribution in [3.63, 3.8) is 0 Å². The van der Waals surface area contributed by atoms with Crippen molar-refractivity contribution in [3.8, 4) is 0 Å². The minimum Gasteiger partial charge on any atom is -0.465 e. The van der Waals surface area contributed by atoms with Gasteiger partial charge in [0.1, 0.15) is 6.61 Å². The van der Waals surface area contributed by atoms with Crippen LogP contribution in [0.3, 0.4) is 0 Å². The Morgan fingerprint density at radius 2 is 1.64 bits per heavy atom. The Balaban J connectivity index is 1.64. The number of carbonyl (C=O) groups excluding carboxylic acids is 3. The molecular weight excluding hydrogens is 490 g/mol. The van der Waals surface area contributed by atoms with Gasteiger partial charge in [-0.15, -0.1) is 0 Å². The first kappa shape index (κ1) is 27.8. The largest absolute Gasteiger partial charge is 0.465 e. The van der Waals surface area contributed by atoms with Gasteiger partial charge in [-0.1, -0.05) is 99.7 Å². The van der Waals surface area contributed by atoms with Crippen LogP contribution < -0.4 is 0 Å². The van der Waals surface area contributed by atoms with Crippen molar-refractivity contribution in [2.24, 2.45) is 5.41 Å². The molecule has 4 rings (SSSR count). The highest BCUT2D eigenvalue weighted by Crippen LogP contribution is 2.29. The molecule has 0 N–H and O–H groups in total.